The van der Waals surface area contributed by atoms with Gasteiger partial charge in [0.15, 0.2) is 0 Å². The molecule has 0 N–H and O–H groups in total. The number of rotatable bonds is 5. The number of amides is 1. The summed E-state index contributed by atoms with van der Waals surface area (Å²) in [5.41, 5.74) is -0.152. The molecule has 23 heavy (non-hydrogen) atoms. The molecule has 0 fully saturated rings. The minimum atomic E-state index is -0.152. The van der Waals surface area contributed by atoms with Gasteiger partial charge in [-0.1, -0.05) is 18.7 Å². The van der Waals surface area contributed by atoms with Gasteiger partial charge in [0.1, 0.15) is 15.7 Å². The van der Waals surface area contributed by atoms with E-state index in [2.05, 4.69) is 43.7 Å². The Bertz CT molecular complexity index is 704. The number of thioether (sulfide) groups is 1. The number of aromatic nitrogens is 2. The van der Waals surface area contributed by atoms with E-state index in [-0.39, 0.29) is 11.4 Å². The third-order valence-electron chi connectivity index (χ3n) is 3.63. The average Bonchev–Trinajstić information content (AvgIpc) is 2.86. The summed E-state index contributed by atoms with van der Waals surface area (Å²) in [7, 11) is 0. The molecule has 0 saturated heterocycles. The Kier molecular flexibility index (Phi) is 5.68. The SMILES string of the molecule is CCc1cc2c(SCC(=O)N(CC)C(C)(C)C)nc(C)nc2s1. The first kappa shape index (κ1) is 18.2. The van der Waals surface area contributed by atoms with Crippen LogP contribution in [0.25, 0.3) is 10.2 Å². The van der Waals surface area contributed by atoms with Crippen molar-refractivity contribution in [2.75, 3.05) is 12.3 Å². The zero-order chi connectivity index (χ0) is 17.2. The van der Waals surface area contributed by atoms with Crippen LogP contribution in [-0.2, 0) is 11.2 Å². The van der Waals surface area contributed by atoms with Gasteiger partial charge < -0.3 is 4.90 Å². The van der Waals surface area contributed by atoms with Crippen LogP contribution in [0.5, 0.6) is 0 Å². The maximum atomic E-state index is 12.5. The van der Waals surface area contributed by atoms with E-state index in [1.807, 2.05) is 18.7 Å². The van der Waals surface area contributed by atoms with Crippen LogP contribution in [0, 0.1) is 6.92 Å². The zero-order valence-electron chi connectivity index (χ0n) is 14.8. The van der Waals surface area contributed by atoms with Gasteiger partial charge in [-0.2, -0.15) is 0 Å². The second kappa shape index (κ2) is 7.18. The van der Waals surface area contributed by atoms with Crippen LogP contribution in [-0.4, -0.2) is 38.6 Å². The number of nitrogens with zero attached hydrogens (tertiary/aromatic N) is 3. The van der Waals surface area contributed by atoms with Crippen LogP contribution in [0.2, 0.25) is 0 Å². The molecule has 2 heterocycles. The second-order valence-corrected chi connectivity index (χ2v) is 8.54. The smallest absolute Gasteiger partial charge is 0.233 e. The number of carbonyl (C=O) groups excluding carboxylic acids is 1. The standard InChI is InChI=1S/C17H25N3OS2/c1-7-12-9-13-15(18-11(3)19-16(13)23-12)22-10-14(21)20(8-2)17(4,5)6/h9H,7-8,10H2,1-6H3. The number of fused-ring (bicyclic) bond motifs is 1. The van der Waals surface area contributed by atoms with Gasteiger partial charge in [0.25, 0.3) is 0 Å². The number of carbonyl (C=O) groups is 1. The average molecular weight is 352 g/mol. The van der Waals surface area contributed by atoms with Crippen molar-refractivity contribution in [3.63, 3.8) is 0 Å². The van der Waals surface area contributed by atoms with E-state index >= 15 is 0 Å². The summed E-state index contributed by atoms with van der Waals surface area (Å²) >= 11 is 3.24. The van der Waals surface area contributed by atoms with Gasteiger partial charge in [-0.3, -0.25) is 4.79 Å². The van der Waals surface area contributed by atoms with E-state index in [9.17, 15) is 4.79 Å². The maximum absolute atomic E-state index is 12.5. The molecule has 0 bridgehead atoms. The molecule has 2 aromatic rings. The highest BCUT2D eigenvalue weighted by atomic mass is 32.2. The molecule has 0 aliphatic heterocycles. The highest BCUT2D eigenvalue weighted by molar-refractivity contribution is 8.00. The number of thiophene rings is 1. The summed E-state index contributed by atoms with van der Waals surface area (Å²) < 4.78 is 0. The fourth-order valence-corrected chi connectivity index (χ4v) is 4.56. The number of aryl methyl sites for hydroxylation is 2. The Morgan fingerprint density at radius 1 is 1.30 bits per heavy atom. The van der Waals surface area contributed by atoms with Gasteiger partial charge >= 0.3 is 0 Å². The Balaban J connectivity index is 2.22. The summed E-state index contributed by atoms with van der Waals surface area (Å²) in [6, 6.07) is 2.16. The highest BCUT2D eigenvalue weighted by Gasteiger charge is 2.25. The molecule has 126 valence electrons. The van der Waals surface area contributed by atoms with Crippen LogP contribution in [0.1, 0.15) is 45.3 Å². The van der Waals surface area contributed by atoms with Gasteiger partial charge in [0.2, 0.25) is 5.91 Å². The van der Waals surface area contributed by atoms with Crippen molar-refractivity contribution in [1.82, 2.24) is 14.9 Å². The van der Waals surface area contributed by atoms with E-state index in [1.165, 1.54) is 16.6 Å². The van der Waals surface area contributed by atoms with Crippen molar-refractivity contribution in [2.24, 2.45) is 0 Å². The molecule has 2 rings (SSSR count). The normalized spacial score (nSPS) is 11.9. The molecule has 6 heteroatoms. The first-order chi connectivity index (χ1) is 10.8. The van der Waals surface area contributed by atoms with E-state index < -0.39 is 0 Å². The van der Waals surface area contributed by atoms with Crippen LogP contribution in [0.4, 0.5) is 0 Å². The van der Waals surface area contributed by atoms with Crippen molar-refractivity contribution in [1.29, 1.82) is 0 Å². The fourth-order valence-electron chi connectivity index (χ4n) is 2.56. The molecule has 0 aromatic carbocycles. The topological polar surface area (TPSA) is 46.1 Å². The third kappa shape index (κ3) is 4.23. The second-order valence-electron chi connectivity index (χ2n) is 6.46. The lowest BCUT2D eigenvalue weighted by molar-refractivity contribution is -0.132. The molecule has 0 aliphatic carbocycles. The monoisotopic (exact) mass is 351 g/mol. The molecule has 0 saturated carbocycles. The largest absolute Gasteiger partial charge is 0.337 e. The summed E-state index contributed by atoms with van der Waals surface area (Å²) in [6.45, 7) is 13.0. The summed E-state index contributed by atoms with van der Waals surface area (Å²) in [4.78, 5) is 25.9. The quantitative estimate of drug-likeness (QED) is 0.595. The maximum Gasteiger partial charge on any atom is 0.233 e. The molecule has 0 radical (unpaired) electrons. The van der Waals surface area contributed by atoms with Crippen LogP contribution in [0.3, 0.4) is 0 Å². The Morgan fingerprint density at radius 2 is 2.00 bits per heavy atom. The van der Waals surface area contributed by atoms with E-state index in [0.717, 1.165) is 34.0 Å². The van der Waals surface area contributed by atoms with Crippen LogP contribution >= 0.6 is 23.1 Å². The number of hydrogen-bond acceptors (Lipinski definition) is 5. The molecular formula is C17H25N3OS2. The Labute approximate surface area is 146 Å². The molecule has 0 atom stereocenters. The molecule has 4 nitrogen and oxygen atoms in total. The van der Waals surface area contributed by atoms with Gasteiger partial charge in [-0.25, -0.2) is 9.97 Å². The van der Waals surface area contributed by atoms with Gasteiger partial charge in [-0.05, 0) is 47.1 Å². The summed E-state index contributed by atoms with van der Waals surface area (Å²) in [6.07, 6.45) is 0.997. The van der Waals surface area contributed by atoms with E-state index in [1.54, 1.807) is 11.3 Å². The third-order valence-corrected chi connectivity index (χ3v) is 5.78. The molecule has 0 unspecified atom stereocenters. The fraction of sp³-hybridized carbons (Fsp3) is 0.588. The minimum absolute atomic E-state index is 0.152. The first-order valence-electron chi connectivity index (χ1n) is 7.96. The number of hydrogen-bond donors (Lipinski definition) is 0. The predicted octanol–water partition coefficient (Wildman–Crippen LogP) is 4.30. The molecule has 0 aliphatic rings. The van der Waals surface area contributed by atoms with E-state index in [0.29, 0.717) is 5.75 Å². The predicted molar refractivity (Wildman–Crippen MR) is 99.4 cm³/mol. The minimum Gasteiger partial charge on any atom is -0.337 e. The van der Waals surface area contributed by atoms with Crippen molar-refractivity contribution >= 4 is 39.2 Å². The van der Waals surface area contributed by atoms with Gasteiger partial charge in [-0.15, -0.1) is 11.3 Å². The molecular weight excluding hydrogens is 326 g/mol. The van der Waals surface area contributed by atoms with Crippen LogP contribution < -0.4 is 0 Å². The molecule has 1 amide bonds. The van der Waals surface area contributed by atoms with Crippen molar-refractivity contribution < 1.29 is 4.79 Å². The lowest BCUT2D eigenvalue weighted by atomic mass is 10.1. The summed E-state index contributed by atoms with van der Waals surface area (Å²) in [5, 5.41) is 2.00. The lowest BCUT2D eigenvalue weighted by Crippen LogP contribution is -2.46. The first-order valence-corrected chi connectivity index (χ1v) is 9.76. The lowest BCUT2D eigenvalue weighted by Gasteiger charge is -2.34. The van der Waals surface area contributed by atoms with Crippen molar-refractivity contribution in [3.05, 3.63) is 16.8 Å². The zero-order valence-corrected chi connectivity index (χ0v) is 16.4. The van der Waals surface area contributed by atoms with Gasteiger partial charge in [0.05, 0.1) is 5.75 Å². The van der Waals surface area contributed by atoms with Crippen LogP contribution in [0.15, 0.2) is 11.1 Å². The molecule has 0 spiro atoms. The highest BCUT2D eigenvalue weighted by Crippen LogP contribution is 2.32. The molecule has 2 aromatic heterocycles. The van der Waals surface area contributed by atoms with E-state index in [4.69, 9.17) is 0 Å². The Morgan fingerprint density at radius 3 is 2.57 bits per heavy atom. The van der Waals surface area contributed by atoms with Gasteiger partial charge in [0, 0.05) is 22.3 Å². The van der Waals surface area contributed by atoms with Crippen molar-refractivity contribution in [2.45, 2.75) is 58.5 Å². The van der Waals surface area contributed by atoms with Crippen molar-refractivity contribution in [3.8, 4) is 0 Å². The Hall–Kier alpha value is -1.14. The summed E-state index contributed by atoms with van der Waals surface area (Å²) in [5.74, 6) is 1.33.